The lowest BCUT2D eigenvalue weighted by molar-refractivity contribution is -0.192. The minimum atomic E-state index is -5.08. The van der Waals surface area contributed by atoms with E-state index in [0.29, 0.717) is 0 Å². The third-order valence-corrected chi connectivity index (χ3v) is 5.92. The van der Waals surface area contributed by atoms with Crippen molar-refractivity contribution in [2.45, 2.75) is 70.9 Å². The largest absolute Gasteiger partial charge is 0.490 e. The van der Waals surface area contributed by atoms with Gasteiger partial charge < -0.3 is 36.5 Å². The number of carboxylic acid groups (broad SMARTS) is 1. The van der Waals surface area contributed by atoms with Gasteiger partial charge in [0.05, 0.1) is 0 Å². The number of hydrogen-bond donors (Lipinski definition) is 4. The van der Waals surface area contributed by atoms with Gasteiger partial charge in [0, 0.05) is 17.0 Å². The van der Waals surface area contributed by atoms with Gasteiger partial charge in [0.1, 0.15) is 36.8 Å². The van der Waals surface area contributed by atoms with Crippen LogP contribution in [0.2, 0.25) is 0 Å². The van der Waals surface area contributed by atoms with Crippen molar-refractivity contribution in [1.29, 1.82) is 0 Å². The minimum Gasteiger partial charge on any atom is -0.475 e. The Labute approximate surface area is 231 Å². The lowest BCUT2D eigenvalue weighted by atomic mass is 9.97. The normalized spacial score (nSPS) is 23.6. The molecule has 2 heterocycles. The monoisotopic (exact) mass is 594 g/mol. The molecule has 0 unspecified atom stereocenters. The van der Waals surface area contributed by atoms with Gasteiger partial charge in [-0.25, -0.2) is 9.59 Å². The molecule has 0 amide bonds. The van der Waals surface area contributed by atoms with E-state index < -0.39 is 72.4 Å². The van der Waals surface area contributed by atoms with E-state index in [1.165, 1.54) is 12.3 Å². The molecule has 1 aliphatic rings. The summed E-state index contributed by atoms with van der Waals surface area (Å²) in [6.07, 6.45) is -6.10. The van der Waals surface area contributed by atoms with Crippen LogP contribution in [-0.4, -0.2) is 69.3 Å². The van der Waals surface area contributed by atoms with E-state index in [-0.39, 0.29) is 17.7 Å². The first-order valence-corrected chi connectivity index (χ1v) is 12.1. The first-order chi connectivity index (χ1) is 18.8. The molecule has 7 N–H and O–H groups in total. The second-order valence-electron chi connectivity index (χ2n) is 9.75. The second-order valence-corrected chi connectivity index (χ2v) is 9.75. The van der Waals surface area contributed by atoms with Crippen molar-refractivity contribution in [3.8, 4) is 0 Å². The average Bonchev–Trinajstić information content (AvgIpc) is 3.12. The summed E-state index contributed by atoms with van der Waals surface area (Å²) in [6, 6.07) is -0.549. The Morgan fingerprint density at radius 3 is 2.17 bits per heavy atom. The van der Waals surface area contributed by atoms with Crippen LogP contribution in [0.1, 0.15) is 40.8 Å². The summed E-state index contributed by atoms with van der Waals surface area (Å²) >= 11 is 0. The Balaban J connectivity index is 0.00000106. The lowest BCUT2D eigenvalue weighted by Crippen LogP contribution is -2.50. The Kier molecular flexibility index (Phi) is 12.1. The zero-order chi connectivity index (χ0) is 31.9. The van der Waals surface area contributed by atoms with Crippen LogP contribution in [0.3, 0.4) is 0 Å². The molecule has 0 saturated carbocycles. The molecule has 0 aromatic carbocycles. The van der Waals surface area contributed by atoms with Crippen molar-refractivity contribution in [3.05, 3.63) is 33.2 Å². The Hall–Kier alpha value is -3.93. The summed E-state index contributed by atoms with van der Waals surface area (Å²) in [6.45, 7) is 7.93. The number of aliphatic carboxylic acids is 1. The van der Waals surface area contributed by atoms with Crippen molar-refractivity contribution in [2.24, 2.45) is 34.3 Å². The van der Waals surface area contributed by atoms with Crippen LogP contribution >= 0.6 is 0 Å². The number of alkyl halides is 3. The number of aromatic nitrogens is 2. The Bertz CT molecular complexity index is 1200. The third kappa shape index (κ3) is 9.04. The molecule has 1 aliphatic heterocycles. The molecule has 1 fully saturated rings. The van der Waals surface area contributed by atoms with Crippen molar-refractivity contribution < 1.29 is 46.9 Å². The first-order valence-electron chi connectivity index (χ1n) is 12.1. The highest BCUT2D eigenvalue weighted by Crippen LogP contribution is 2.44. The highest BCUT2D eigenvalue weighted by Gasteiger charge is 2.58. The molecule has 230 valence electrons. The molecule has 41 heavy (non-hydrogen) atoms. The topological polar surface area (TPSA) is 261 Å². The third-order valence-electron chi connectivity index (χ3n) is 5.92. The van der Waals surface area contributed by atoms with Crippen LogP contribution in [0.4, 0.5) is 19.0 Å². The number of nitrogens with zero attached hydrogens (tertiary/aromatic N) is 5. The van der Waals surface area contributed by atoms with Gasteiger partial charge in [0.25, 0.3) is 0 Å². The van der Waals surface area contributed by atoms with Gasteiger partial charge in [-0.1, -0.05) is 39.7 Å². The van der Waals surface area contributed by atoms with Crippen molar-refractivity contribution >= 4 is 23.7 Å². The molecular formula is C22H33F3N8O8. The summed E-state index contributed by atoms with van der Waals surface area (Å²) in [7, 11) is 0. The van der Waals surface area contributed by atoms with Crippen LogP contribution in [0.15, 0.2) is 22.2 Å². The average molecular weight is 595 g/mol. The van der Waals surface area contributed by atoms with Crippen LogP contribution in [0.5, 0.6) is 0 Å². The molecule has 0 radical (unpaired) electrons. The number of nitrogens with two attached hydrogens (primary N) is 3. The summed E-state index contributed by atoms with van der Waals surface area (Å²) in [4.78, 5) is 52.9. The van der Waals surface area contributed by atoms with Gasteiger partial charge in [-0.2, -0.15) is 18.2 Å². The maximum absolute atomic E-state index is 12.7. The van der Waals surface area contributed by atoms with Gasteiger partial charge >= 0.3 is 29.8 Å². The van der Waals surface area contributed by atoms with Gasteiger partial charge in [0.15, 0.2) is 0 Å². The fourth-order valence-corrected chi connectivity index (χ4v) is 3.39. The van der Waals surface area contributed by atoms with E-state index in [1.54, 1.807) is 34.6 Å². The Morgan fingerprint density at radius 1 is 1.22 bits per heavy atom. The molecule has 1 aromatic heterocycles. The second kappa shape index (κ2) is 14.1. The number of hydrogen-bond acceptors (Lipinski definition) is 12. The quantitative estimate of drug-likeness (QED) is 0.135. The molecule has 2 rings (SSSR count). The van der Waals surface area contributed by atoms with E-state index in [2.05, 4.69) is 15.0 Å². The number of ether oxygens (including phenoxy) is 3. The fourth-order valence-electron chi connectivity index (χ4n) is 3.39. The lowest BCUT2D eigenvalue weighted by Gasteiger charge is -2.31. The number of halogens is 3. The zero-order valence-electron chi connectivity index (χ0n) is 22.8. The van der Waals surface area contributed by atoms with Gasteiger partial charge in [-0.05, 0) is 23.4 Å². The molecule has 1 aromatic rings. The first kappa shape index (κ1) is 35.1. The summed E-state index contributed by atoms with van der Waals surface area (Å²) in [5.74, 6) is -5.53. The highest BCUT2D eigenvalue weighted by atomic mass is 19.4. The summed E-state index contributed by atoms with van der Waals surface area (Å²) < 4.78 is 49.8. The number of carbonyl (C=O) groups is 3. The van der Waals surface area contributed by atoms with Crippen molar-refractivity contribution in [2.75, 3.05) is 12.3 Å². The van der Waals surface area contributed by atoms with Crippen LogP contribution < -0.4 is 22.9 Å². The van der Waals surface area contributed by atoms with Crippen molar-refractivity contribution in [1.82, 2.24) is 9.55 Å². The molecular weight excluding hydrogens is 561 g/mol. The van der Waals surface area contributed by atoms with Crippen LogP contribution in [0.25, 0.3) is 10.4 Å². The number of carbonyl (C=O) groups excluding carboxylic acids is 2. The van der Waals surface area contributed by atoms with Crippen LogP contribution in [-0.2, 0) is 28.6 Å². The minimum absolute atomic E-state index is 0.00398. The maximum atomic E-state index is 12.7. The molecule has 0 aliphatic carbocycles. The number of nitrogen functional groups attached to an aromatic ring is 1. The molecule has 0 spiro atoms. The van der Waals surface area contributed by atoms with E-state index in [4.69, 9.17) is 41.3 Å². The van der Waals surface area contributed by atoms with E-state index in [9.17, 15) is 33.1 Å². The highest BCUT2D eigenvalue weighted by molar-refractivity contribution is 5.76. The molecule has 6 atom stereocenters. The fraction of sp³-hybridized carbons (Fsp3) is 0.682. The number of carboxylic acids is 1. The summed E-state index contributed by atoms with van der Waals surface area (Å²) in [5, 5.41) is 10.8. The standard InChI is InChI=1S/C20H32N8O6.C2HF3O2/c1-9(2)13(22)17(29)32-8-20(26-27-24)15(33-18(30)14(23)10(3)4)11(5)16(34-20)28-7-6-12(21)25-19(28)31;3-2(4,5)1(6)7/h6-7,9-11,13-16H,8,22-23H2,1-5H3,(H2,21,25,31);(H,6,7)/t11-,13+,14+,15+,16-,20-;/m1./s1. The smallest absolute Gasteiger partial charge is 0.475 e. The van der Waals surface area contributed by atoms with E-state index in [1.807, 2.05) is 0 Å². The zero-order valence-corrected chi connectivity index (χ0v) is 22.8. The number of esters is 2. The predicted molar refractivity (Wildman–Crippen MR) is 134 cm³/mol. The maximum Gasteiger partial charge on any atom is 0.490 e. The predicted octanol–water partition coefficient (Wildman–Crippen LogP) is 1.05. The molecule has 16 nitrogen and oxygen atoms in total. The number of anilines is 1. The van der Waals surface area contributed by atoms with Gasteiger partial charge in [0.2, 0.25) is 5.72 Å². The van der Waals surface area contributed by atoms with Gasteiger partial charge in [-0.15, -0.1) is 0 Å². The number of azide groups is 1. The van der Waals surface area contributed by atoms with Crippen LogP contribution in [0, 0.1) is 17.8 Å². The molecule has 0 bridgehead atoms. The van der Waals surface area contributed by atoms with E-state index in [0.717, 1.165) is 4.57 Å². The molecule has 1 saturated heterocycles. The van der Waals surface area contributed by atoms with Gasteiger partial charge in [-0.3, -0.25) is 14.2 Å². The molecule has 19 heteroatoms. The Morgan fingerprint density at radius 2 is 1.73 bits per heavy atom. The summed E-state index contributed by atoms with van der Waals surface area (Å²) in [5.41, 5.74) is 23.9. The number of rotatable bonds is 9. The van der Waals surface area contributed by atoms with Crippen molar-refractivity contribution in [3.63, 3.8) is 0 Å². The SMILES string of the molecule is CC(C)[C@H](N)C(=O)OC[C@@]1(N=[N+]=[N-])O[C@@H](n2ccc(N)nc2=O)[C@H](C)[C@@H]1OC(=O)[C@@H](N)C(C)C.O=C(O)C(F)(F)F. The van der Waals surface area contributed by atoms with E-state index >= 15 is 0 Å².